The van der Waals surface area contributed by atoms with Crippen LogP contribution in [0.4, 0.5) is 5.69 Å². The summed E-state index contributed by atoms with van der Waals surface area (Å²) < 4.78 is 0. The van der Waals surface area contributed by atoms with Crippen LogP contribution >= 0.6 is 47.0 Å². The molecule has 0 aliphatic carbocycles. The standard InChI is InChI=1S/C15H12Cl3N3S/c1-9-11(16)5-3-7-13(9)20-15(22)21-19-8-10-4-2-6-12(17)14(10)18/h2-8H,1H3,(H2,20,21,22)/b19-8-. The number of hydrogen-bond acceptors (Lipinski definition) is 2. The van der Waals surface area contributed by atoms with Gasteiger partial charge in [-0.15, -0.1) is 0 Å². The first-order valence-electron chi connectivity index (χ1n) is 6.28. The highest BCUT2D eigenvalue weighted by Crippen LogP contribution is 2.24. The van der Waals surface area contributed by atoms with Crippen LogP contribution < -0.4 is 10.7 Å². The van der Waals surface area contributed by atoms with E-state index >= 15 is 0 Å². The Morgan fingerprint density at radius 1 is 1.09 bits per heavy atom. The van der Waals surface area contributed by atoms with Crippen LogP contribution in [0, 0.1) is 6.92 Å². The number of nitrogens with one attached hydrogen (secondary N) is 2. The van der Waals surface area contributed by atoms with Gasteiger partial charge in [0.15, 0.2) is 5.11 Å². The Bertz CT molecular complexity index is 732. The lowest BCUT2D eigenvalue weighted by molar-refractivity contribution is 1.05. The molecule has 0 heterocycles. The first kappa shape index (κ1) is 17.0. The molecule has 0 aliphatic heterocycles. The number of hydrogen-bond donors (Lipinski definition) is 2. The number of benzene rings is 2. The molecule has 0 atom stereocenters. The van der Waals surface area contributed by atoms with E-state index in [1.807, 2.05) is 25.1 Å². The van der Waals surface area contributed by atoms with Crippen LogP contribution in [0.25, 0.3) is 0 Å². The molecule has 114 valence electrons. The van der Waals surface area contributed by atoms with Crippen LogP contribution in [0.2, 0.25) is 15.1 Å². The first-order valence-corrected chi connectivity index (χ1v) is 7.82. The van der Waals surface area contributed by atoms with Gasteiger partial charge in [-0.2, -0.15) is 5.10 Å². The van der Waals surface area contributed by atoms with Crippen molar-refractivity contribution in [1.29, 1.82) is 0 Å². The molecule has 2 aromatic carbocycles. The van der Waals surface area contributed by atoms with E-state index in [9.17, 15) is 0 Å². The second-order valence-electron chi connectivity index (χ2n) is 4.38. The number of nitrogens with zero attached hydrogens (tertiary/aromatic N) is 1. The lowest BCUT2D eigenvalue weighted by Crippen LogP contribution is -2.24. The Kier molecular flexibility index (Phi) is 6.03. The summed E-state index contributed by atoms with van der Waals surface area (Å²) in [6.07, 6.45) is 1.55. The van der Waals surface area contributed by atoms with Crippen molar-refractivity contribution in [3.8, 4) is 0 Å². The molecule has 0 unspecified atom stereocenters. The highest BCUT2D eigenvalue weighted by atomic mass is 35.5. The average Bonchev–Trinajstić information content (AvgIpc) is 2.48. The Morgan fingerprint density at radius 3 is 2.55 bits per heavy atom. The minimum absolute atomic E-state index is 0.347. The predicted molar refractivity (Wildman–Crippen MR) is 99.6 cm³/mol. The van der Waals surface area contributed by atoms with Crippen LogP contribution in [0.15, 0.2) is 41.5 Å². The largest absolute Gasteiger partial charge is 0.331 e. The molecule has 7 heteroatoms. The van der Waals surface area contributed by atoms with Crippen molar-refractivity contribution in [3.05, 3.63) is 62.6 Å². The van der Waals surface area contributed by atoms with Gasteiger partial charge in [0.1, 0.15) is 0 Å². The van der Waals surface area contributed by atoms with Crippen LogP contribution in [0.1, 0.15) is 11.1 Å². The van der Waals surface area contributed by atoms with Crippen LogP contribution in [-0.2, 0) is 0 Å². The van der Waals surface area contributed by atoms with Crippen LogP contribution in [0.3, 0.4) is 0 Å². The molecule has 0 spiro atoms. The van der Waals surface area contributed by atoms with Crippen LogP contribution in [-0.4, -0.2) is 11.3 Å². The number of hydrazone groups is 1. The van der Waals surface area contributed by atoms with Crippen molar-refractivity contribution in [2.45, 2.75) is 6.92 Å². The van der Waals surface area contributed by atoms with Crippen molar-refractivity contribution in [2.24, 2.45) is 5.10 Å². The zero-order valence-electron chi connectivity index (χ0n) is 11.5. The van der Waals surface area contributed by atoms with Crippen molar-refractivity contribution in [2.75, 3.05) is 5.32 Å². The Labute approximate surface area is 149 Å². The minimum atomic E-state index is 0.347. The zero-order chi connectivity index (χ0) is 16.1. The van der Waals surface area contributed by atoms with Gasteiger partial charge >= 0.3 is 0 Å². The third-order valence-electron chi connectivity index (χ3n) is 2.87. The van der Waals surface area contributed by atoms with E-state index in [4.69, 9.17) is 47.0 Å². The fourth-order valence-corrected chi connectivity index (χ4v) is 2.37. The number of anilines is 1. The summed E-state index contributed by atoms with van der Waals surface area (Å²) in [6.45, 7) is 1.91. The summed E-state index contributed by atoms with van der Waals surface area (Å²) in [7, 11) is 0. The molecule has 3 nitrogen and oxygen atoms in total. The van der Waals surface area contributed by atoms with Gasteiger partial charge in [0.25, 0.3) is 0 Å². The van der Waals surface area contributed by atoms with Gasteiger partial charge in [-0.25, -0.2) is 0 Å². The molecule has 2 N–H and O–H groups in total. The molecule has 0 bridgehead atoms. The van der Waals surface area contributed by atoms with Gasteiger partial charge in [-0.1, -0.05) is 53.0 Å². The summed E-state index contributed by atoms with van der Waals surface area (Å²) in [5.74, 6) is 0. The second kappa shape index (κ2) is 7.79. The fraction of sp³-hybridized carbons (Fsp3) is 0.0667. The normalized spacial score (nSPS) is 10.7. The van der Waals surface area contributed by atoms with Crippen molar-refractivity contribution < 1.29 is 0 Å². The van der Waals surface area contributed by atoms with Gasteiger partial charge in [-0.05, 0) is 42.9 Å². The van der Waals surface area contributed by atoms with E-state index in [0.29, 0.717) is 25.7 Å². The van der Waals surface area contributed by atoms with Crippen molar-refractivity contribution >= 4 is 64.0 Å². The quantitative estimate of drug-likeness (QED) is 0.437. The van der Waals surface area contributed by atoms with Gasteiger partial charge in [0, 0.05) is 16.3 Å². The van der Waals surface area contributed by atoms with Crippen molar-refractivity contribution in [3.63, 3.8) is 0 Å². The second-order valence-corrected chi connectivity index (χ2v) is 5.98. The lowest BCUT2D eigenvalue weighted by Gasteiger charge is -2.10. The highest BCUT2D eigenvalue weighted by molar-refractivity contribution is 7.80. The maximum atomic E-state index is 6.06. The lowest BCUT2D eigenvalue weighted by atomic mass is 10.2. The molecule has 2 rings (SSSR count). The average molecular weight is 373 g/mol. The summed E-state index contributed by atoms with van der Waals surface area (Å²) in [5.41, 5.74) is 5.15. The maximum absolute atomic E-state index is 6.06. The van der Waals surface area contributed by atoms with Crippen LogP contribution in [0.5, 0.6) is 0 Å². The van der Waals surface area contributed by atoms with E-state index in [2.05, 4.69) is 15.8 Å². The molecular weight excluding hydrogens is 361 g/mol. The van der Waals surface area contributed by atoms with Gasteiger partial charge < -0.3 is 5.32 Å². The zero-order valence-corrected chi connectivity index (χ0v) is 14.6. The minimum Gasteiger partial charge on any atom is -0.331 e. The predicted octanol–water partition coefficient (Wildman–Crippen LogP) is 5.28. The SMILES string of the molecule is Cc1c(Cl)cccc1NC(=S)N/N=C\c1cccc(Cl)c1Cl. The third-order valence-corrected chi connectivity index (χ3v) is 4.30. The van der Waals surface area contributed by atoms with Gasteiger partial charge in [0.05, 0.1) is 16.3 Å². The first-order chi connectivity index (χ1) is 10.5. The molecule has 0 fully saturated rings. The molecule has 0 aromatic heterocycles. The summed E-state index contributed by atoms with van der Waals surface area (Å²) in [6, 6.07) is 10.8. The molecular formula is C15H12Cl3N3S. The van der Waals surface area contributed by atoms with E-state index < -0.39 is 0 Å². The third kappa shape index (κ3) is 4.34. The Balaban J connectivity index is 1.99. The monoisotopic (exact) mass is 371 g/mol. The van der Waals surface area contributed by atoms with E-state index in [1.165, 1.54) is 0 Å². The summed E-state index contributed by atoms with van der Waals surface area (Å²) in [5, 5.41) is 9.00. The van der Waals surface area contributed by atoms with Gasteiger partial charge in [-0.3, -0.25) is 5.43 Å². The molecule has 0 saturated carbocycles. The van der Waals surface area contributed by atoms with E-state index in [1.54, 1.807) is 24.4 Å². The number of thiocarbonyl (C=S) groups is 1. The maximum Gasteiger partial charge on any atom is 0.191 e. The Hall–Kier alpha value is -1.33. The molecule has 22 heavy (non-hydrogen) atoms. The number of rotatable bonds is 3. The smallest absolute Gasteiger partial charge is 0.191 e. The fourth-order valence-electron chi connectivity index (χ4n) is 1.67. The molecule has 0 aliphatic rings. The Morgan fingerprint density at radius 2 is 1.77 bits per heavy atom. The van der Waals surface area contributed by atoms with Crippen molar-refractivity contribution in [1.82, 2.24) is 5.43 Å². The van der Waals surface area contributed by atoms with E-state index in [-0.39, 0.29) is 0 Å². The van der Waals surface area contributed by atoms with Gasteiger partial charge in [0.2, 0.25) is 0 Å². The molecule has 0 amide bonds. The topological polar surface area (TPSA) is 36.4 Å². The molecule has 0 radical (unpaired) electrons. The summed E-state index contributed by atoms with van der Waals surface area (Å²) in [4.78, 5) is 0. The summed E-state index contributed by atoms with van der Waals surface area (Å²) >= 11 is 23.2. The van der Waals surface area contributed by atoms with E-state index in [0.717, 1.165) is 11.3 Å². The molecule has 0 saturated heterocycles. The highest BCUT2D eigenvalue weighted by Gasteiger charge is 2.04. The number of halogens is 3. The molecule has 2 aromatic rings.